The van der Waals surface area contributed by atoms with Gasteiger partial charge in [-0.05, 0) is 23.3 Å². The number of thioether (sulfide) groups is 1. The number of rotatable bonds is 6. The van der Waals surface area contributed by atoms with Crippen LogP contribution in [0.2, 0.25) is 0 Å². The molecular formula is C19H16N4OS. The number of imidazole rings is 1. The first-order chi connectivity index (χ1) is 12.2. The van der Waals surface area contributed by atoms with E-state index < -0.39 is 0 Å². The molecule has 0 atom stereocenters. The number of aromatic nitrogens is 2. The lowest BCUT2D eigenvalue weighted by atomic mass is 10.1. The summed E-state index contributed by atoms with van der Waals surface area (Å²) in [5, 5.41) is 12.2. The number of aromatic amines is 1. The van der Waals surface area contributed by atoms with Crippen molar-refractivity contribution in [1.29, 1.82) is 5.26 Å². The zero-order valence-electron chi connectivity index (χ0n) is 13.4. The van der Waals surface area contributed by atoms with Gasteiger partial charge in [-0.1, -0.05) is 54.2 Å². The molecule has 2 N–H and O–H groups in total. The summed E-state index contributed by atoms with van der Waals surface area (Å²) in [6, 6.07) is 19.3. The van der Waals surface area contributed by atoms with Crippen molar-refractivity contribution in [2.45, 2.75) is 11.6 Å². The van der Waals surface area contributed by atoms with Gasteiger partial charge >= 0.3 is 0 Å². The lowest BCUT2D eigenvalue weighted by Crippen LogP contribution is -2.14. The van der Waals surface area contributed by atoms with Gasteiger partial charge in [-0.3, -0.25) is 4.79 Å². The minimum atomic E-state index is -0.101. The molecular weight excluding hydrogens is 332 g/mol. The third-order valence-corrected chi connectivity index (χ3v) is 4.39. The van der Waals surface area contributed by atoms with Crippen molar-refractivity contribution >= 4 is 23.4 Å². The van der Waals surface area contributed by atoms with E-state index in [2.05, 4.69) is 21.4 Å². The highest BCUT2D eigenvalue weighted by Crippen LogP contribution is 2.21. The maximum Gasteiger partial charge on any atom is 0.234 e. The minimum Gasteiger partial charge on any atom is -0.333 e. The fourth-order valence-electron chi connectivity index (χ4n) is 2.27. The summed E-state index contributed by atoms with van der Waals surface area (Å²) in [5.74, 6) is 0.164. The van der Waals surface area contributed by atoms with Gasteiger partial charge in [0.2, 0.25) is 5.91 Å². The van der Waals surface area contributed by atoms with Gasteiger partial charge in [0.1, 0.15) is 0 Å². The molecule has 0 saturated carbocycles. The highest BCUT2D eigenvalue weighted by Gasteiger charge is 2.07. The van der Waals surface area contributed by atoms with Crippen molar-refractivity contribution in [2.75, 3.05) is 11.1 Å². The molecule has 3 rings (SSSR count). The second-order valence-corrected chi connectivity index (χ2v) is 6.30. The van der Waals surface area contributed by atoms with E-state index in [1.165, 1.54) is 11.8 Å². The SMILES string of the molecule is N#CCc1ccc(NC(=O)CSc2ncc(-c3ccccc3)[nH]2)cc1. The zero-order chi connectivity index (χ0) is 17.5. The second-order valence-electron chi connectivity index (χ2n) is 5.34. The highest BCUT2D eigenvalue weighted by molar-refractivity contribution is 7.99. The predicted octanol–water partition coefficient (Wildman–Crippen LogP) is 3.87. The van der Waals surface area contributed by atoms with Crippen molar-refractivity contribution in [3.63, 3.8) is 0 Å². The van der Waals surface area contributed by atoms with E-state index in [1.807, 2.05) is 42.5 Å². The monoisotopic (exact) mass is 348 g/mol. The Balaban J connectivity index is 1.52. The molecule has 0 saturated heterocycles. The van der Waals surface area contributed by atoms with Crippen LogP contribution in [0.4, 0.5) is 5.69 Å². The molecule has 0 fully saturated rings. The van der Waals surface area contributed by atoms with Crippen molar-refractivity contribution in [3.05, 3.63) is 66.4 Å². The summed E-state index contributed by atoms with van der Waals surface area (Å²) in [5.41, 5.74) is 3.64. The van der Waals surface area contributed by atoms with Gasteiger partial charge in [-0.2, -0.15) is 5.26 Å². The van der Waals surface area contributed by atoms with E-state index in [4.69, 9.17) is 5.26 Å². The van der Waals surface area contributed by atoms with E-state index >= 15 is 0 Å². The van der Waals surface area contributed by atoms with Gasteiger partial charge in [0, 0.05) is 5.69 Å². The largest absolute Gasteiger partial charge is 0.333 e. The Labute approximate surface area is 150 Å². The van der Waals surface area contributed by atoms with Gasteiger partial charge in [-0.25, -0.2) is 4.98 Å². The lowest BCUT2D eigenvalue weighted by molar-refractivity contribution is -0.113. The molecule has 0 unspecified atom stereocenters. The summed E-state index contributed by atoms with van der Waals surface area (Å²) >= 11 is 1.35. The third kappa shape index (κ3) is 4.72. The smallest absolute Gasteiger partial charge is 0.234 e. The molecule has 1 heterocycles. The lowest BCUT2D eigenvalue weighted by Gasteiger charge is -2.05. The molecule has 3 aromatic rings. The molecule has 6 heteroatoms. The number of hydrogen-bond acceptors (Lipinski definition) is 4. The molecule has 2 aromatic carbocycles. The van der Waals surface area contributed by atoms with Crippen molar-refractivity contribution < 1.29 is 4.79 Å². The van der Waals surface area contributed by atoms with Gasteiger partial charge in [0.05, 0.1) is 30.1 Å². The molecule has 1 amide bonds. The second kappa shape index (κ2) is 8.18. The third-order valence-electron chi connectivity index (χ3n) is 3.50. The molecule has 0 radical (unpaired) electrons. The van der Waals surface area contributed by atoms with Crippen LogP contribution < -0.4 is 5.32 Å². The predicted molar refractivity (Wildman–Crippen MR) is 99.1 cm³/mol. The van der Waals surface area contributed by atoms with Crippen LogP contribution in [-0.2, 0) is 11.2 Å². The van der Waals surface area contributed by atoms with Crippen LogP contribution in [0, 0.1) is 11.3 Å². The quantitative estimate of drug-likeness (QED) is 0.663. The summed E-state index contributed by atoms with van der Waals surface area (Å²) in [6.07, 6.45) is 2.13. The average molecular weight is 348 g/mol. The first kappa shape index (κ1) is 16.8. The first-order valence-electron chi connectivity index (χ1n) is 7.73. The van der Waals surface area contributed by atoms with Crippen LogP contribution >= 0.6 is 11.8 Å². The van der Waals surface area contributed by atoms with Crippen LogP contribution in [0.15, 0.2) is 66.0 Å². The number of benzene rings is 2. The Hall–Kier alpha value is -3.04. The zero-order valence-corrected chi connectivity index (χ0v) is 14.2. The molecule has 1 aromatic heterocycles. The Kier molecular flexibility index (Phi) is 5.50. The Morgan fingerprint density at radius 3 is 2.64 bits per heavy atom. The summed E-state index contributed by atoms with van der Waals surface area (Å²) in [7, 11) is 0. The van der Waals surface area contributed by atoms with Crippen molar-refractivity contribution in [3.8, 4) is 17.3 Å². The maximum atomic E-state index is 12.0. The number of anilines is 1. The van der Waals surface area contributed by atoms with Gasteiger partial charge in [0.15, 0.2) is 5.16 Å². The van der Waals surface area contributed by atoms with E-state index in [9.17, 15) is 4.79 Å². The number of amides is 1. The Bertz CT molecular complexity index is 882. The summed E-state index contributed by atoms with van der Waals surface area (Å²) in [4.78, 5) is 19.6. The minimum absolute atomic E-state index is 0.101. The number of H-pyrrole nitrogens is 1. The molecule has 0 spiro atoms. The number of carbonyl (C=O) groups is 1. The molecule has 25 heavy (non-hydrogen) atoms. The van der Waals surface area contributed by atoms with Crippen molar-refractivity contribution in [2.24, 2.45) is 0 Å². The van der Waals surface area contributed by atoms with Crippen molar-refractivity contribution in [1.82, 2.24) is 9.97 Å². The topological polar surface area (TPSA) is 81.6 Å². The Morgan fingerprint density at radius 1 is 1.16 bits per heavy atom. The van der Waals surface area contributed by atoms with E-state index in [1.54, 1.807) is 18.3 Å². The summed E-state index contributed by atoms with van der Waals surface area (Å²) < 4.78 is 0. The van der Waals surface area contributed by atoms with E-state index in [0.717, 1.165) is 22.5 Å². The number of nitriles is 1. The number of nitrogens with one attached hydrogen (secondary N) is 2. The molecule has 5 nitrogen and oxygen atoms in total. The normalized spacial score (nSPS) is 10.2. The Morgan fingerprint density at radius 2 is 1.92 bits per heavy atom. The van der Waals surface area contributed by atoms with Crippen LogP contribution in [0.25, 0.3) is 11.3 Å². The maximum absolute atomic E-state index is 12.0. The summed E-state index contributed by atoms with van der Waals surface area (Å²) in [6.45, 7) is 0. The number of nitrogens with zero attached hydrogens (tertiary/aromatic N) is 2. The highest BCUT2D eigenvalue weighted by atomic mass is 32.2. The molecule has 0 aliphatic rings. The molecule has 124 valence electrons. The fraction of sp³-hybridized carbons (Fsp3) is 0.105. The molecule has 0 aliphatic carbocycles. The number of hydrogen-bond donors (Lipinski definition) is 2. The van der Waals surface area contributed by atoms with Gasteiger partial charge < -0.3 is 10.3 Å². The first-order valence-corrected chi connectivity index (χ1v) is 8.72. The molecule has 0 bridgehead atoms. The van der Waals surface area contributed by atoms with Crippen LogP contribution in [0.1, 0.15) is 5.56 Å². The number of carbonyl (C=O) groups excluding carboxylic acids is 1. The van der Waals surface area contributed by atoms with Gasteiger partial charge in [-0.15, -0.1) is 0 Å². The fourth-order valence-corrected chi connectivity index (χ4v) is 2.92. The average Bonchev–Trinajstić information content (AvgIpc) is 3.12. The van der Waals surface area contributed by atoms with Crippen LogP contribution in [-0.4, -0.2) is 21.6 Å². The standard InChI is InChI=1S/C19H16N4OS/c20-11-10-14-6-8-16(9-7-14)22-18(24)13-25-19-21-12-17(23-19)15-4-2-1-3-5-15/h1-9,12H,10,13H2,(H,21,23)(H,22,24). The molecule has 0 aliphatic heterocycles. The van der Waals surface area contributed by atoms with Gasteiger partial charge in [0.25, 0.3) is 0 Å². The van der Waals surface area contributed by atoms with Crippen LogP contribution in [0.3, 0.4) is 0 Å². The van der Waals surface area contributed by atoms with E-state index in [0.29, 0.717) is 11.6 Å². The van der Waals surface area contributed by atoms with Crippen LogP contribution in [0.5, 0.6) is 0 Å². The van der Waals surface area contributed by atoms with E-state index in [-0.39, 0.29) is 11.7 Å².